The van der Waals surface area contributed by atoms with Crippen LogP contribution in [0.3, 0.4) is 0 Å². The van der Waals surface area contributed by atoms with Crippen molar-refractivity contribution in [2.75, 3.05) is 47.0 Å². The molecule has 0 spiro atoms. The lowest BCUT2D eigenvalue weighted by molar-refractivity contribution is -0.120. The maximum atomic E-state index is 13.4. The fourth-order valence-corrected chi connectivity index (χ4v) is 4.54. The highest BCUT2D eigenvalue weighted by Gasteiger charge is 2.29. The summed E-state index contributed by atoms with van der Waals surface area (Å²) in [5.74, 6) is 0.0791. The summed E-state index contributed by atoms with van der Waals surface area (Å²) in [5.41, 5.74) is 8.07. The van der Waals surface area contributed by atoms with Gasteiger partial charge in [-0.25, -0.2) is 0 Å². The minimum Gasteiger partial charge on any atom is -0.493 e. The number of piperazine rings is 1. The molecule has 0 atom stereocenters. The van der Waals surface area contributed by atoms with Crippen LogP contribution in [0, 0.1) is 0 Å². The monoisotopic (exact) mass is 489 g/mol. The Hall–Kier alpha value is -4.04. The molecule has 2 N–H and O–H groups in total. The van der Waals surface area contributed by atoms with Crippen molar-refractivity contribution in [1.82, 2.24) is 9.80 Å². The van der Waals surface area contributed by atoms with Crippen LogP contribution in [0.15, 0.2) is 72.8 Å². The number of carbonyl (C=O) groups excluding carboxylic acids is 2. The number of nitrogens with two attached hydrogens (primary N) is 1. The van der Waals surface area contributed by atoms with Crippen LogP contribution in [0.5, 0.6) is 17.2 Å². The highest BCUT2D eigenvalue weighted by molar-refractivity contribution is 5.95. The quantitative estimate of drug-likeness (QED) is 0.496. The third-order valence-corrected chi connectivity index (χ3v) is 6.26. The number of methoxy groups -OCH3 is 2. The molecule has 8 heteroatoms. The zero-order chi connectivity index (χ0) is 25.5. The lowest BCUT2D eigenvalue weighted by Gasteiger charge is -2.40. The molecule has 1 heterocycles. The van der Waals surface area contributed by atoms with Gasteiger partial charge in [-0.1, -0.05) is 60.7 Å². The van der Waals surface area contributed by atoms with E-state index in [4.69, 9.17) is 19.9 Å². The van der Waals surface area contributed by atoms with Crippen LogP contribution in [0.1, 0.15) is 27.5 Å². The topological polar surface area (TPSA) is 94.3 Å². The molecule has 0 saturated carbocycles. The molecule has 2 amide bonds. The first-order valence-corrected chi connectivity index (χ1v) is 11.8. The molecule has 3 aromatic rings. The Balaban J connectivity index is 1.51. The average molecular weight is 490 g/mol. The molecule has 188 valence electrons. The van der Waals surface area contributed by atoms with Crippen molar-refractivity contribution in [1.29, 1.82) is 0 Å². The second-order valence-electron chi connectivity index (χ2n) is 8.52. The van der Waals surface area contributed by atoms with Gasteiger partial charge in [0.25, 0.3) is 11.8 Å². The molecule has 1 saturated heterocycles. The molecule has 0 unspecified atom stereocenters. The SMILES string of the molecule is COc1cc(C(=O)N2CCN(C(c3ccccc3)c3ccccc3)CC2)cc(OC)c1OCC(N)=O. The molecule has 0 radical (unpaired) electrons. The summed E-state index contributed by atoms with van der Waals surface area (Å²) in [6, 6.07) is 24.2. The number of carbonyl (C=O) groups is 2. The van der Waals surface area contributed by atoms with Gasteiger partial charge in [-0.3, -0.25) is 14.5 Å². The standard InChI is InChI=1S/C28H31N3O5/c1-34-23-17-22(18-24(35-2)27(23)36-19-25(29)32)28(33)31-15-13-30(14-16-31)26(20-9-5-3-6-10-20)21-11-7-4-8-12-21/h3-12,17-18,26H,13-16,19H2,1-2H3,(H2,29,32). The van der Waals surface area contributed by atoms with Gasteiger partial charge in [0, 0.05) is 31.7 Å². The lowest BCUT2D eigenvalue weighted by Crippen LogP contribution is -2.49. The van der Waals surface area contributed by atoms with Gasteiger partial charge in [0.1, 0.15) is 0 Å². The molecule has 36 heavy (non-hydrogen) atoms. The molecule has 1 aliphatic rings. The Kier molecular flexibility index (Phi) is 8.07. The van der Waals surface area contributed by atoms with Crippen molar-refractivity contribution in [3.8, 4) is 17.2 Å². The molecular formula is C28H31N3O5. The predicted molar refractivity (Wildman–Crippen MR) is 136 cm³/mol. The van der Waals surface area contributed by atoms with E-state index in [2.05, 4.69) is 53.4 Å². The molecule has 0 aliphatic carbocycles. The van der Waals surface area contributed by atoms with Gasteiger partial charge in [-0.05, 0) is 23.3 Å². The Morgan fingerprint density at radius 2 is 1.33 bits per heavy atom. The van der Waals surface area contributed by atoms with Gasteiger partial charge in [0.2, 0.25) is 5.75 Å². The zero-order valence-corrected chi connectivity index (χ0v) is 20.6. The summed E-state index contributed by atoms with van der Waals surface area (Å²) in [4.78, 5) is 28.8. The molecular weight excluding hydrogens is 458 g/mol. The van der Waals surface area contributed by atoms with Gasteiger partial charge >= 0.3 is 0 Å². The van der Waals surface area contributed by atoms with E-state index < -0.39 is 5.91 Å². The van der Waals surface area contributed by atoms with Crippen molar-refractivity contribution in [2.24, 2.45) is 5.73 Å². The number of primary amides is 1. The molecule has 0 aromatic heterocycles. The molecule has 4 rings (SSSR count). The van der Waals surface area contributed by atoms with Gasteiger partial charge in [-0.15, -0.1) is 0 Å². The van der Waals surface area contributed by atoms with Crippen molar-refractivity contribution in [3.05, 3.63) is 89.5 Å². The fraction of sp³-hybridized carbons (Fsp3) is 0.286. The number of nitrogens with zero attached hydrogens (tertiary/aromatic N) is 2. The van der Waals surface area contributed by atoms with E-state index >= 15 is 0 Å². The van der Waals surface area contributed by atoms with E-state index in [1.165, 1.54) is 25.3 Å². The Bertz CT molecular complexity index is 1110. The lowest BCUT2D eigenvalue weighted by atomic mass is 9.96. The number of hydrogen-bond acceptors (Lipinski definition) is 6. The van der Waals surface area contributed by atoms with Crippen LogP contribution < -0.4 is 19.9 Å². The van der Waals surface area contributed by atoms with Gasteiger partial charge in [-0.2, -0.15) is 0 Å². The summed E-state index contributed by atoms with van der Waals surface area (Å²) >= 11 is 0. The first-order valence-electron chi connectivity index (χ1n) is 11.8. The number of amides is 2. The van der Waals surface area contributed by atoms with Crippen LogP contribution >= 0.6 is 0 Å². The predicted octanol–water partition coefficient (Wildman–Crippen LogP) is 3.12. The normalized spacial score (nSPS) is 13.9. The Labute approximate surface area is 211 Å². The van der Waals surface area contributed by atoms with E-state index in [1.807, 2.05) is 17.0 Å². The third kappa shape index (κ3) is 5.60. The van der Waals surface area contributed by atoms with Crippen molar-refractivity contribution in [2.45, 2.75) is 6.04 Å². The summed E-state index contributed by atoms with van der Waals surface area (Å²) in [7, 11) is 2.93. The summed E-state index contributed by atoms with van der Waals surface area (Å²) in [6.07, 6.45) is 0. The van der Waals surface area contributed by atoms with Gasteiger partial charge < -0.3 is 24.8 Å². The third-order valence-electron chi connectivity index (χ3n) is 6.26. The summed E-state index contributed by atoms with van der Waals surface area (Å²) < 4.78 is 16.3. The molecule has 3 aromatic carbocycles. The number of rotatable bonds is 9. The first kappa shape index (κ1) is 25.1. The summed E-state index contributed by atoms with van der Waals surface area (Å²) in [5, 5.41) is 0. The maximum absolute atomic E-state index is 13.4. The van der Waals surface area contributed by atoms with Crippen LogP contribution in [0.2, 0.25) is 0 Å². The highest BCUT2D eigenvalue weighted by Crippen LogP contribution is 2.39. The Morgan fingerprint density at radius 3 is 1.78 bits per heavy atom. The smallest absolute Gasteiger partial charge is 0.255 e. The second kappa shape index (κ2) is 11.6. The number of benzene rings is 3. The minimum absolute atomic E-state index is 0.117. The van der Waals surface area contributed by atoms with Crippen LogP contribution in [-0.2, 0) is 4.79 Å². The highest BCUT2D eigenvalue weighted by atomic mass is 16.5. The van der Waals surface area contributed by atoms with E-state index in [9.17, 15) is 9.59 Å². The largest absolute Gasteiger partial charge is 0.493 e. The zero-order valence-electron chi connectivity index (χ0n) is 20.6. The Morgan fingerprint density at radius 1 is 0.833 bits per heavy atom. The maximum Gasteiger partial charge on any atom is 0.255 e. The molecule has 0 bridgehead atoms. The molecule has 1 fully saturated rings. The number of ether oxygens (including phenoxy) is 3. The second-order valence-corrected chi connectivity index (χ2v) is 8.52. The fourth-order valence-electron chi connectivity index (χ4n) is 4.54. The number of hydrogen-bond donors (Lipinski definition) is 1. The van der Waals surface area contributed by atoms with Gasteiger partial charge in [0.05, 0.1) is 20.3 Å². The van der Waals surface area contributed by atoms with E-state index in [0.717, 1.165) is 13.1 Å². The van der Waals surface area contributed by atoms with Crippen LogP contribution in [-0.4, -0.2) is 68.6 Å². The first-order chi connectivity index (χ1) is 17.5. The van der Waals surface area contributed by atoms with Gasteiger partial charge in [0.15, 0.2) is 18.1 Å². The minimum atomic E-state index is -0.624. The summed E-state index contributed by atoms with van der Waals surface area (Å²) in [6.45, 7) is 2.30. The van der Waals surface area contributed by atoms with Crippen molar-refractivity contribution >= 4 is 11.8 Å². The van der Waals surface area contributed by atoms with Crippen molar-refractivity contribution < 1.29 is 23.8 Å². The average Bonchev–Trinajstić information content (AvgIpc) is 2.92. The van der Waals surface area contributed by atoms with Crippen LogP contribution in [0.4, 0.5) is 0 Å². The van der Waals surface area contributed by atoms with E-state index in [-0.39, 0.29) is 24.3 Å². The van der Waals surface area contributed by atoms with E-state index in [0.29, 0.717) is 30.2 Å². The van der Waals surface area contributed by atoms with Crippen molar-refractivity contribution in [3.63, 3.8) is 0 Å². The molecule has 8 nitrogen and oxygen atoms in total. The molecule has 1 aliphatic heterocycles. The van der Waals surface area contributed by atoms with Crippen LogP contribution in [0.25, 0.3) is 0 Å². The van der Waals surface area contributed by atoms with E-state index in [1.54, 1.807) is 12.1 Å².